The van der Waals surface area contributed by atoms with Crippen LogP contribution in [0.1, 0.15) is 63.8 Å². The van der Waals surface area contributed by atoms with Crippen LogP contribution in [0.25, 0.3) is 22.4 Å². The second kappa shape index (κ2) is 16.6. The van der Waals surface area contributed by atoms with E-state index in [0.29, 0.717) is 16.8 Å². The van der Waals surface area contributed by atoms with Crippen molar-refractivity contribution >= 4 is 32.0 Å². The normalized spacial score (nSPS) is 13.5. The summed E-state index contributed by atoms with van der Waals surface area (Å²) in [4.78, 5) is 17.5. The van der Waals surface area contributed by atoms with Gasteiger partial charge in [-0.1, -0.05) is 138 Å². The van der Waals surface area contributed by atoms with Crippen molar-refractivity contribution in [3.63, 3.8) is 0 Å². The van der Waals surface area contributed by atoms with Gasteiger partial charge in [0, 0.05) is 18.2 Å². The lowest BCUT2D eigenvalue weighted by Gasteiger charge is -2.45. The number of carboxylic acid groups (broad SMARTS) is 1. The highest BCUT2D eigenvalue weighted by Gasteiger charge is 2.52. The number of hydrogen-bond donors (Lipinski definition) is 1. The fraction of sp³-hybridized carbons (Fsp3) is 0.273. The molecule has 0 aliphatic carbocycles. The molecule has 0 spiro atoms. The maximum atomic E-state index is 14.7. The van der Waals surface area contributed by atoms with Gasteiger partial charge in [0.05, 0.1) is 35.6 Å². The highest BCUT2D eigenvalue weighted by molar-refractivity contribution is 7.64. The van der Waals surface area contributed by atoms with Crippen molar-refractivity contribution in [3.8, 4) is 34.0 Å². The Balaban J connectivity index is 1.66. The number of aliphatic carboxylic acids is 1. The van der Waals surface area contributed by atoms with E-state index in [4.69, 9.17) is 13.9 Å². The summed E-state index contributed by atoms with van der Waals surface area (Å²) in [6.45, 7) is 12.4. The van der Waals surface area contributed by atoms with Gasteiger partial charge < -0.3 is 14.1 Å². The van der Waals surface area contributed by atoms with E-state index in [1.165, 1.54) is 19.2 Å². The Hall–Kier alpha value is -4.64. The Morgan fingerprint density at radius 3 is 1.96 bits per heavy atom. The van der Waals surface area contributed by atoms with E-state index >= 15 is 0 Å². The second-order valence-corrected chi connectivity index (χ2v) is 21.1. The van der Waals surface area contributed by atoms with Crippen LogP contribution in [0.5, 0.6) is 0 Å². The highest BCUT2D eigenvalue weighted by Crippen LogP contribution is 2.48. The van der Waals surface area contributed by atoms with Gasteiger partial charge in [0.25, 0.3) is 15.7 Å². The van der Waals surface area contributed by atoms with Crippen LogP contribution in [-0.4, -0.2) is 43.8 Å². The number of aromatic nitrogens is 1. The molecule has 4 aromatic carbocycles. The number of pyridine rings is 1. The molecule has 274 valence electrons. The molecule has 1 unspecified atom stereocenters. The van der Waals surface area contributed by atoms with Crippen molar-refractivity contribution in [1.29, 1.82) is 0 Å². The fourth-order valence-electron chi connectivity index (χ4n) is 6.82. The summed E-state index contributed by atoms with van der Waals surface area (Å²) in [5, 5.41) is 11.6. The summed E-state index contributed by atoms with van der Waals surface area (Å²) in [5.41, 5.74) is 8.38. The lowest BCUT2D eigenvalue weighted by Crippen LogP contribution is -2.68. The molecular weight excluding hydrogens is 701 g/mol. The first-order valence-corrected chi connectivity index (χ1v) is 21.4. The van der Waals surface area contributed by atoms with Gasteiger partial charge in [-0.15, -0.1) is 0 Å². The summed E-state index contributed by atoms with van der Waals surface area (Å²) in [6.07, 6.45) is -1.64. The van der Waals surface area contributed by atoms with Crippen LogP contribution in [0.2, 0.25) is 5.04 Å². The van der Waals surface area contributed by atoms with Crippen LogP contribution >= 0.6 is 7.37 Å². The molecule has 5 aromatic rings. The van der Waals surface area contributed by atoms with E-state index in [2.05, 4.69) is 32.4 Å². The molecule has 0 amide bonds. The quantitative estimate of drug-likeness (QED) is 0.0778. The number of rotatable bonds is 12. The van der Waals surface area contributed by atoms with Crippen LogP contribution in [-0.2, 0) is 18.3 Å². The highest BCUT2D eigenvalue weighted by atomic mass is 31.2. The van der Waals surface area contributed by atoms with E-state index in [0.717, 1.165) is 32.8 Å². The van der Waals surface area contributed by atoms with Crippen molar-refractivity contribution < 1.29 is 27.8 Å². The summed E-state index contributed by atoms with van der Waals surface area (Å²) >= 11 is 0. The van der Waals surface area contributed by atoms with Crippen molar-refractivity contribution in [2.75, 3.05) is 13.3 Å². The van der Waals surface area contributed by atoms with Crippen LogP contribution in [0.3, 0.4) is 0 Å². The summed E-state index contributed by atoms with van der Waals surface area (Å²) < 4.78 is 41.7. The van der Waals surface area contributed by atoms with E-state index in [1.54, 1.807) is 12.1 Å². The zero-order chi connectivity index (χ0) is 38.4. The van der Waals surface area contributed by atoms with Crippen LogP contribution < -0.4 is 10.4 Å². The molecule has 1 N–H and O–H groups in total. The molecule has 5 rings (SSSR count). The van der Waals surface area contributed by atoms with Gasteiger partial charge in [-0.25, -0.2) is 4.39 Å². The average molecular weight is 748 g/mol. The van der Waals surface area contributed by atoms with Gasteiger partial charge in [-0.2, -0.15) is 0 Å². The van der Waals surface area contributed by atoms with E-state index < -0.39 is 39.2 Å². The van der Waals surface area contributed by atoms with E-state index in [1.807, 2.05) is 112 Å². The molecule has 0 saturated heterocycles. The first-order chi connectivity index (χ1) is 25.2. The predicted octanol–water partition coefficient (Wildman–Crippen LogP) is 9.64. The van der Waals surface area contributed by atoms with Gasteiger partial charge in [0.2, 0.25) is 0 Å². The molecule has 0 aliphatic heterocycles. The summed E-state index contributed by atoms with van der Waals surface area (Å²) in [5.74, 6) is 1.66. The molecule has 0 saturated carbocycles. The molecule has 2 atom stereocenters. The summed E-state index contributed by atoms with van der Waals surface area (Å²) in [7, 11) is -5.76. The average Bonchev–Trinajstić information content (AvgIpc) is 3.13. The third kappa shape index (κ3) is 8.95. The Bertz CT molecular complexity index is 2120. The monoisotopic (exact) mass is 747 g/mol. The largest absolute Gasteiger partial charge is 0.481 e. The van der Waals surface area contributed by atoms with Crippen molar-refractivity contribution in [1.82, 2.24) is 4.98 Å². The first kappa shape index (κ1) is 39.6. The molecule has 1 aromatic heterocycles. The minimum atomic E-state index is -3.86. The van der Waals surface area contributed by atoms with Gasteiger partial charge in [0.1, 0.15) is 5.82 Å². The fourth-order valence-corrected chi connectivity index (χ4v) is 13.0. The minimum absolute atomic E-state index is 0.0809. The van der Waals surface area contributed by atoms with Crippen molar-refractivity contribution in [2.24, 2.45) is 0 Å². The van der Waals surface area contributed by atoms with Crippen LogP contribution in [0, 0.1) is 24.3 Å². The zero-order valence-corrected chi connectivity index (χ0v) is 33.3. The van der Waals surface area contributed by atoms with Gasteiger partial charge in [-0.3, -0.25) is 14.3 Å². The summed E-state index contributed by atoms with van der Waals surface area (Å²) in [6, 6.07) is 35.9. The standard InChI is InChI=1S/C44H47FNO5PSi/c1-31(2)43-39(40(33-22-24-34(45)25-23-33)29-41(46-43)38-21-15-14-16-32(38)3)26-27-52(49,50-7)30-35(28-42(47)48)51-53(44(4,5)6,36-17-10-8-11-18-36)37-19-12-9-13-20-37/h8-25,29,31,35H,28,30H2,1-7H3,(H,47,48)/t35-,52?/m0/s1. The van der Waals surface area contributed by atoms with Crippen LogP contribution in [0.15, 0.2) is 115 Å². The minimum Gasteiger partial charge on any atom is -0.481 e. The number of halogens is 1. The smallest absolute Gasteiger partial charge is 0.305 e. The number of aryl methyl sites for hydroxylation is 1. The molecular formula is C44H47FNO5PSi. The Morgan fingerprint density at radius 2 is 1.45 bits per heavy atom. The zero-order valence-electron chi connectivity index (χ0n) is 31.4. The number of hydrogen-bond acceptors (Lipinski definition) is 5. The maximum Gasteiger partial charge on any atom is 0.305 e. The Morgan fingerprint density at radius 1 is 0.887 bits per heavy atom. The molecule has 0 radical (unpaired) electrons. The molecule has 0 bridgehead atoms. The molecule has 6 nitrogen and oxygen atoms in total. The molecule has 0 fully saturated rings. The number of nitrogens with zero attached hydrogens (tertiary/aromatic N) is 1. The predicted molar refractivity (Wildman–Crippen MR) is 215 cm³/mol. The van der Waals surface area contributed by atoms with E-state index in [9.17, 15) is 18.9 Å². The molecule has 53 heavy (non-hydrogen) atoms. The Kier molecular flexibility index (Phi) is 12.4. The Labute approximate surface area is 314 Å². The first-order valence-electron chi connectivity index (χ1n) is 17.7. The van der Waals surface area contributed by atoms with Gasteiger partial charge >= 0.3 is 5.97 Å². The molecule has 0 aliphatic rings. The number of benzene rings is 4. The maximum absolute atomic E-state index is 14.7. The number of carbonyl (C=O) groups is 1. The molecule has 9 heteroatoms. The molecule has 1 heterocycles. The lowest BCUT2D eigenvalue weighted by molar-refractivity contribution is -0.138. The van der Waals surface area contributed by atoms with Crippen LogP contribution in [0.4, 0.5) is 4.39 Å². The van der Waals surface area contributed by atoms with Gasteiger partial charge in [0.15, 0.2) is 0 Å². The van der Waals surface area contributed by atoms with Crippen molar-refractivity contribution in [3.05, 3.63) is 138 Å². The third-order valence-corrected chi connectivity index (χ3v) is 16.4. The van der Waals surface area contributed by atoms with Gasteiger partial charge in [-0.05, 0) is 63.2 Å². The topological polar surface area (TPSA) is 85.7 Å². The lowest BCUT2D eigenvalue weighted by atomic mass is 9.92. The SMILES string of the molecule is COP(=O)(C#Cc1c(-c2ccc(F)cc2)cc(-c2ccccc2C)nc1C(C)C)C[C@H](CC(=O)O)O[Si](c1ccccc1)(c1ccccc1)C(C)(C)C. The number of carboxylic acids is 1. The second-order valence-electron chi connectivity index (χ2n) is 14.6. The third-order valence-electron chi connectivity index (χ3n) is 9.42. The van der Waals surface area contributed by atoms with Crippen molar-refractivity contribution in [2.45, 2.75) is 65.0 Å². The van der Waals surface area contributed by atoms with E-state index in [-0.39, 0.29) is 17.9 Å².